The van der Waals surface area contributed by atoms with Crippen molar-refractivity contribution in [2.24, 2.45) is 5.10 Å². The number of rotatable bonds is 2. The van der Waals surface area contributed by atoms with Gasteiger partial charge in [-0.3, -0.25) is 4.79 Å². The highest BCUT2D eigenvalue weighted by atomic mass is 79.9. The van der Waals surface area contributed by atoms with Crippen LogP contribution in [0.2, 0.25) is 0 Å². The lowest BCUT2D eigenvalue weighted by Gasteiger charge is -2.40. The summed E-state index contributed by atoms with van der Waals surface area (Å²) in [4.78, 5) is 16.2. The fraction of sp³-hybridized carbons (Fsp3) is 0.467. The first kappa shape index (κ1) is 14.8. The van der Waals surface area contributed by atoms with Gasteiger partial charge in [0.15, 0.2) is 5.84 Å². The third kappa shape index (κ3) is 2.46. The van der Waals surface area contributed by atoms with Crippen molar-refractivity contribution in [2.45, 2.75) is 19.0 Å². The number of likely N-dealkylation sites (N-methyl/N-ethyl adjacent to an activating group) is 1. The van der Waals surface area contributed by atoms with E-state index in [2.05, 4.69) is 43.7 Å². The summed E-state index contributed by atoms with van der Waals surface area (Å²) in [6.45, 7) is 4.27. The average Bonchev–Trinajstić information content (AvgIpc) is 2.49. The number of benzene rings is 1. The van der Waals surface area contributed by atoms with Crippen molar-refractivity contribution in [3.8, 4) is 5.75 Å². The maximum Gasteiger partial charge on any atom is 0.262 e. The first-order chi connectivity index (χ1) is 11.0. The van der Waals surface area contributed by atoms with Crippen LogP contribution in [-0.4, -0.2) is 55.5 Å². The van der Waals surface area contributed by atoms with Crippen molar-refractivity contribution in [2.75, 3.05) is 37.0 Å². The summed E-state index contributed by atoms with van der Waals surface area (Å²) >= 11 is 3.60. The smallest absolute Gasteiger partial charge is 0.262 e. The standard InChI is InChI=1S/C15H18BrN5O2/c1-8-15(22)19-18-14-7-23-13-3-10(16)11(4-12(13)21(8)14)17-9-5-20(2)6-9/h3-4,8-9,17H,5-7H2,1-2H3,(H,19,22). The molecule has 1 atom stereocenters. The van der Waals surface area contributed by atoms with Crippen LogP contribution in [0.3, 0.4) is 0 Å². The molecule has 3 aliphatic heterocycles. The number of fused-ring (bicyclic) bond motifs is 3. The lowest BCUT2D eigenvalue weighted by Crippen LogP contribution is -2.55. The Morgan fingerprint density at radius 3 is 2.96 bits per heavy atom. The number of halogens is 1. The van der Waals surface area contributed by atoms with Crippen LogP contribution in [0.4, 0.5) is 11.4 Å². The predicted octanol–water partition coefficient (Wildman–Crippen LogP) is 1.21. The number of amidine groups is 1. The van der Waals surface area contributed by atoms with Crippen molar-refractivity contribution < 1.29 is 9.53 Å². The number of hydrazone groups is 1. The molecule has 1 unspecified atom stereocenters. The molecule has 3 heterocycles. The molecule has 3 aliphatic rings. The summed E-state index contributed by atoms with van der Waals surface area (Å²) in [6.07, 6.45) is 0. The van der Waals surface area contributed by atoms with E-state index in [-0.39, 0.29) is 11.9 Å². The lowest BCUT2D eigenvalue weighted by atomic mass is 10.1. The van der Waals surface area contributed by atoms with Crippen LogP contribution in [0.15, 0.2) is 21.7 Å². The molecular weight excluding hydrogens is 362 g/mol. The Morgan fingerprint density at radius 2 is 2.22 bits per heavy atom. The van der Waals surface area contributed by atoms with Gasteiger partial charge in [-0.05, 0) is 42.0 Å². The third-order valence-corrected chi connectivity index (χ3v) is 5.08. The molecule has 0 saturated carbocycles. The van der Waals surface area contributed by atoms with Gasteiger partial charge in [0, 0.05) is 17.6 Å². The molecule has 7 nitrogen and oxygen atoms in total. The highest BCUT2D eigenvalue weighted by Crippen LogP contribution is 2.41. The van der Waals surface area contributed by atoms with Gasteiger partial charge in [-0.25, -0.2) is 5.43 Å². The number of nitrogens with zero attached hydrogens (tertiary/aromatic N) is 3. The third-order valence-electron chi connectivity index (χ3n) is 4.43. The minimum Gasteiger partial charge on any atom is -0.483 e. The number of carbonyl (C=O) groups is 1. The van der Waals surface area contributed by atoms with Gasteiger partial charge in [-0.2, -0.15) is 5.10 Å². The highest BCUT2D eigenvalue weighted by Gasteiger charge is 2.36. The van der Waals surface area contributed by atoms with Gasteiger partial charge in [-0.15, -0.1) is 0 Å². The summed E-state index contributed by atoms with van der Waals surface area (Å²) in [6, 6.07) is 4.11. The van der Waals surface area contributed by atoms with Gasteiger partial charge in [0.2, 0.25) is 0 Å². The van der Waals surface area contributed by atoms with Crippen molar-refractivity contribution in [1.29, 1.82) is 0 Å². The van der Waals surface area contributed by atoms with Crippen molar-refractivity contribution in [3.05, 3.63) is 16.6 Å². The SMILES string of the molecule is CC1C(=O)NN=C2COc3cc(Br)c(NC4CN(C)C4)cc3N21. The molecule has 1 saturated heterocycles. The molecule has 2 N–H and O–H groups in total. The Labute approximate surface area is 142 Å². The van der Waals surface area contributed by atoms with E-state index in [1.54, 1.807) is 0 Å². The van der Waals surface area contributed by atoms with Crippen molar-refractivity contribution in [3.63, 3.8) is 0 Å². The van der Waals surface area contributed by atoms with Crippen LogP contribution in [0.1, 0.15) is 6.92 Å². The van der Waals surface area contributed by atoms with Crippen LogP contribution in [0, 0.1) is 0 Å². The summed E-state index contributed by atoms with van der Waals surface area (Å²) in [5.41, 5.74) is 4.42. The zero-order chi connectivity index (χ0) is 16.1. The second-order valence-corrected chi connectivity index (χ2v) is 7.06. The van der Waals surface area contributed by atoms with Gasteiger partial charge in [0.1, 0.15) is 18.4 Å². The summed E-state index contributed by atoms with van der Waals surface area (Å²) < 4.78 is 6.74. The maximum absolute atomic E-state index is 11.9. The fourth-order valence-corrected chi connectivity index (χ4v) is 3.60. The molecule has 4 rings (SSSR count). The Morgan fingerprint density at radius 1 is 1.43 bits per heavy atom. The van der Waals surface area contributed by atoms with Gasteiger partial charge in [0.05, 0.1) is 17.4 Å². The maximum atomic E-state index is 11.9. The second kappa shape index (κ2) is 5.38. The van der Waals surface area contributed by atoms with Crippen LogP contribution in [0.25, 0.3) is 0 Å². The molecule has 0 radical (unpaired) electrons. The van der Waals surface area contributed by atoms with Crippen LogP contribution < -0.4 is 20.4 Å². The van der Waals surface area contributed by atoms with E-state index in [1.165, 1.54) is 0 Å². The fourth-order valence-electron chi connectivity index (χ4n) is 3.17. The zero-order valence-electron chi connectivity index (χ0n) is 13.0. The van der Waals surface area contributed by atoms with E-state index in [1.807, 2.05) is 24.0 Å². The lowest BCUT2D eigenvalue weighted by molar-refractivity contribution is -0.122. The molecule has 1 aromatic rings. The zero-order valence-corrected chi connectivity index (χ0v) is 14.6. The van der Waals surface area contributed by atoms with Crippen molar-refractivity contribution in [1.82, 2.24) is 10.3 Å². The molecule has 122 valence electrons. The Kier molecular flexibility index (Phi) is 3.46. The molecule has 0 aromatic heterocycles. The highest BCUT2D eigenvalue weighted by molar-refractivity contribution is 9.10. The van der Waals surface area contributed by atoms with Crippen LogP contribution in [-0.2, 0) is 4.79 Å². The van der Waals surface area contributed by atoms with E-state index in [0.29, 0.717) is 12.6 Å². The number of likely N-dealkylation sites (tertiary alicyclic amines) is 1. The molecule has 1 amide bonds. The minimum absolute atomic E-state index is 0.111. The van der Waals surface area contributed by atoms with E-state index in [4.69, 9.17) is 4.74 Å². The molecule has 0 spiro atoms. The van der Waals surface area contributed by atoms with E-state index < -0.39 is 0 Å². The molecule has 0 aliphatic carbocycles. The average molecular weight is 380 g/mol. The molecule has 1 aromatic carbocycles. The minimum atomic E-state index is -0.311. The number of carbonyl (C=O) groups excluding carboxylic acids is 1. The normalized spacial score (nSPS) is 24.0. The molecule has 23 heavy (non-hydrogen) atoms. The topological polar surface area (TPSA) is 69.2 Å². The number of hydrogen-bond acceptors (Lipinski definition) is 6. The van der Waals surface area contributed by atoms with Gasteiger partial charge >= 0.3 is 0 Å². The summed E-state index contributed by atoms with van der Waals surface area (Å²) in [5.74, 6) is 1.37. The number of anilines is 2. The van der Waals surface area contributed by atoms with E-state index in [9.17, 15) is 4.79 Å². The summed E-state index contributed by atoms with van der Waals surface area (Å²) in [5, 5.41) is 7.65. The second-order valence-electron chi connectivity index (χ2n) is 6.20. The van der Waals surface area contributed by atoms with E-state index >= 15 is 0 Å². The largest absolute Gasteiger partial charge is 0.483 e. The number of nitrogens with one attached hydrogen (secondary N) is 2. The number of ether oxygens (including phenoxy) is 1. The van der Waals surface area contributed by atoms with Gasteiger partial charge < -0.3 is 19.9 Å². The Hall–Kier alpha value is -1.80. The monoisotopic (exact) mass is 379 g/mol. The Bertz CT molecular complexity index is 701. The quantitative estimate of drug-likeness (QED) is 0.807. The first-order valence-electron chi connectivity index (χ1n) is 7.60. The van der Waals surface area contributed by atoms with E-state index in [0.717, 1.165) is 40.5 Å². The first-order valence-corrected chi connectivity index (χ1v) is 8.39. The molecule has 1 fully saturated rings. The predicted molar refractivity (Wildman–Crippen MR) is 92.1 cm³/mol. The Balaban J connectivity index is 1.69. The van der Waals surface area contributed by atoms with Crippen LogP contribution in [0.5, 0.6) is 5.75 Å². The van der Waals surface area contributed by atoms with Crippen molar-refractivity contribution >= 4 is 39.0 Å². The molecular formula is C15H18BrN5O2. The number of amides is 1. The summed E-state index contributed by atoms with van der Waals surface area (Å²) in [7, 11) is 2.10. The molecule has 8 heteroatoms. The van der Waals surface area contributed by atoms with Crippen LogP contribution >= 0.6 is 15.9 Å². The van der Waals surface area contributed by atoms with Gasteiger partial charge in [0.25, 0.3) is 5.91 Å². The van der Waals surface area contributed by atoms with Gasteiger partial charge in [-0.1, -0.05) is 0 Å². The molecule has 0 bridgehead atoms. The number of hydrogen-bond donors (Lipinski definition) is 2.